The highest BCUT2D eigenvalue weighted by Crippen LogP contribution is 2.60. The minimum atomic E-state index is -0.645. The third-order valence-electron chi connectivity index (χ3n) is 16.3. The van der Waals surface area contributed by atoms with Crippen LogP contribution in [-0.2, 0) is 18.3 Å². The third-order valence-corrected chi connectivity index (χ3v) is 16.3. The summed E-state index contributed by atoms with van der Waals surface area (Å²) in [6.07, 6.45) is 2.85. The number of para-hydroxylation sites is 2. The van der Waals surface area contributed by atoms with Gasteiger partial charge in [-0.15, -0.1) is 0 Å². The molecule has 362 valence electrons. The third kappa shape index (κ3) is 7.71. The van der Waals surface area contributed by atoms with Gasteiger partial charge in [-0.3, -0.25) is 0 Å². The first kappa shape index (κ1) is 45.4. The van der Waals surface area contributed by atoms with Gasteiger partial charge in [-0.2, -0.15) is 0 Å². The smallest absolute Gasteiger partial charge is 0.137 e. The summed E-state index contributed by atoms with van der Waals surface area (Å²) in [5.74, 6) is 0.280. The Kier molecular flexibility index (Phi) is 11.3. The molecule has 76 heavy (non-hydrogen) atoms. The molecule has 0 fully saturated rings. The maximum atomic E-state index is 6.54. The van der Waals surface area contributed by atoms with Crippen LogP contribution in [0.25, 0.3) is 65.7 Å². The quantitative estimate of drug-likeness (QED) is 0.121. The standard InChI is InChI=1S/C74H55NO/c1-50-43-57(47-58(44-50)55-38-37-52-23-14-15-24-53(52)46-55)54(45-51-21-6-2-7-22-51)39-40-56-48-68-72(64-32-17-16-31-63(56)64)65-42-41-62(49-67(65)74(68,59-25-8-3-9-26-59)60-27-10-4-11-28-60)75(61-29-12-5-13-30-61)69-34-20-36-71-73(69)66-33-18-19-35-70(66)76-71/h2-38,41-44,46-49,54H,39-40,45H2,1H3. The van der Waals surface area contributed by atoms with Crippen LogP contribution in [0.4, 0.5) is 17.1 Å². The second-order valence-electron chi connectivity index (χ2n) is 20.8. The van der Waals surface area contributed by atoms with Gasteiger partial charge in [-0.05, 0) is 163 Å². The fraction of sp³-hybridized carbons (Fsp3) is 0.0811. The Balaban J connectivity index is 0.956. The van der Waals surface area contributed by atoms with Crippen molar-refractivity contribution >= 4 is 60.5 Å². The number of benzene rings is 12. The molecule has 12 aromatic carbocycles. The molecular weight excluding hydrogens is 919 g/mol. The predicted molar refractivity (Wildman–Crippen MR) is 319 cm³/mol. The molecule has 1 unspecified atom stereocenters. The lowest BCUT2D eigenvalue weighted by atomic mass is 9.67. The number of furan rings is 1. The second-order valence-corrected chi connectivity index (χ2v) is 20.8. The van der Waals surface area contributed by atoms with Crippen LogP contribution in [0.3, 0.4) is 0 Å². The van der Waals surface area contributed by atoms with E-state index >= 15 is 0 Å². The molecule has 0 N–H and O–H groups in total. The largest absolute Gasteiger partial charge is 0.456 e. The molecule has 2 heteroatoms. The molecule has 0 spiro atoms. The summed E-state index contributed by atoms with van der Waals surface area (Å²) in [6, 6.07) is 101. The van der Waals surface area contributed by atoms with Crippen molar-refractivity contribution in [2.45, 2.75) is 37.5 Å². The van der Waals surface area contributed by atoms with E-state index in [1.807, 2.05) is 0 Å². The molecule has 0 aliphatic heterocycles. The fourth-order valence-electron chi connectivity index (χ4n) is 12.9. The Morgan fingerprint density at radius 1 is 0.447 bits per heavy atom. The van der Waals surface area contributed by atoms with E-state index in [1.54, 1.807) is 0 Å². The SMILES string of the molecule is Cc1cc(-c2ccc3ccccc3c2)cc(C(CCc2cc3c(c4ccccc24)-c2ccc(N(c4ccccc4)c4cccc5oc6ccccc6c45)cc2C3(c2ccccc2)c2ccccc2)Cc2ccccc2)c1. The molecule has 1 aliphatic rings. The van der Waals surface area contributed by atoms with Crippen LogP contribution < -0.4 is 4.90 Å². The van der Waals surface area contributed by atoms with Gasteiger partial charge in [0.05, 0.1) is 16.5 Å². The van der Waals surface area contributed by atoms with Crippen LogP contribution >= 0.6 is 0 Å². The highest BCUT2D eigenvalue weighted by Gasteiger charge is 2.47. The van der Waals surface area contributed by atoms with Gasteiger partial charge in [0.2, 0.25) is 0 Å². The average molecular weight is 974 g/mol. The van der Waals surface area contributed by atoms with Crippen LogP contribution in [0, 0.1) is 6.92 Å². The van der Waals surface area contributed by atoms with E-state index in [-0.39, 0.29) is 5.92 Å². The summed E-state index contributed by atoms with van der Waals surface area (Å²) in [4.78, 5) is 2.43. The number of anilines is 3. The van der Waals surface area contributed by atoms with Crippen molar-refractivity contribution in [2.24, 2.45) is 0 Å². The van der Waals surface area contributed by atoms with E-state index in [0.29, 0.717) is 0 Å². The summed E-state index contributed by atoms with van der Waals surface area (Å²) >= 11 is 0. The highest BCUT2D eigenvalue weighted by molar-refractivity contribution is 6.14. The molecule has 1 heterocycles. The molecule has 0 bridgehead atoms. The summed E-state index contributed by atoms with van der Waals surface area (Å²) in [5.41, 5.74) is 20.0. The van der Waals surface area contributed by atoms with Crippen molar-refractivity contribution < 1.29 is 4.42 Å². The van der Waals surface area contributed by atoms with E-state index in [1.165, 1.54) is 88.3 Å². The number of nitrogens with zero attached hydrogens (tertiary/aromatic N) is 1. The van der Waals surface area contributed by atoms with Crippen molar-refractivity contribution in [2.75, 3.05) is 4.90 Å². The Morgan fingerprint density at radius 2 is 1.09 bits per heavy atom. The summed E-state index contributed by atoms with van der Waals surface area (Å²) in [6.45, 7) is 2.26. The molecule has 0 saturated carbocycles. The van der Waals surface area contributed by atoms with Crippen molar-refractivity contribution in [1.29, 1.82) is 0 Å². The molecule has 0 radical (unpaired) electrons. The summed E-state index contributed by atoms with van der Waals surface area (Å²) in [5, 5.41) is 7.34. The zero-order valence-electron chi connectivity index (χ0n) is 42.5. The number of hydrogen-bond donors (Lipinski definition) is 0. The van der Waals surface area contributed by atoms with Crippen LogP contribution in [0.5, 0.6) is 0 Å². The molecule has 2 nitrogen and oxygen atoms in total. The topological polar surface area (TPSA) is 16.4 Å². The van der Waals surface area contributed by atoms with E-state index in [0.717, 1.165) is 58.3 Å². The number of aryl methyl sites for hydroxylation is 2. The number of hydrogen-bond acceptors (Lipinski definition) is 2. The Labute approximate surface area is 444 Å². The molecule has 13 aromatic rings. The van der Waals surface area contributed by atoms with Gasteiger partial charge in [-0.1, -0.05) is 230 Å². The fourth-order valence-corrected chi connectivity index (χ4v) is 12.9. The van der Waals surface area contributed by atoms with Gasteiger partial charge >= 0.3 is 0 Å². The first-order chi connectivity index (χ1) is 37.6. The van der Waals surface area contributed by atoms with Gasteiger partial charge in [0.25, 0.3) is 0 Å². The normalized spacial score (nSPS) is 13.0. The first-order valence-electron chi connectivity index (χ1n) is 26.8. The lowest BCUT2D eigenvalue weighted by Gasteiger charge is -2.35. The predicted octanol–water partition coefficient (Wildman–Crippen LogP) is 19.7. The maximum Gasteiger partial charge on any atom is 0.137 e. The average Bonchev–Trinajstić information content (AvgIpc) is 4.06. The van der Waals surface area contributed by atoms with Crippen LogP contribution in [0.1, 0.15) is 56.8 Å². The van der Waals surface area contributed by atoms with Gasteiger partial charge in [0.15, 0.2) is 0 Å². The van der Waals surface area contributed by atoms with Gasteiger partial charge < -0.3 is 9.32 Å². The monoisotopic (exact) mass is 973 g/mol. The van der Waals surface area contributed by atoms with E-state index in [4.69, 9.17) is 4.42 Å². The Hall–Kier alpha value is -9.24. The van der Waals surface area contributed by atoms with Gasteiger partial charge in [0.1, 0.15) is 11.2 Å². The van der Waals surface area contributed by atoms with Crippen LogP contribution in [0.15, 0.2) is 277 Å². The van der Waals surface area contributed by atoms with Crippen molar-refractivity contribution in [1.82, 2.24) is 0 Å². The molecule has 1 aliphatic carbocycles. The zero-order chi connectivity index (χ0) is 50.6. The summed E-state index contributed by atoms with van der Waals surface area (Å²) in [7, 11) is 0. The number of rotatable bonds is 12. The first-order valence-corrected chi connectivity index (χ1v) is 26.8. The lowest BCUT2D eigenvalue weighted by molar-refractivity contribution is 0.621. The maximum absolute atomic E-state index is 6.54. The molecule has 14 rings (SSSR count). The summed E-state index contributed by atoms with van der Waals surface area (Å²) < 4.78 is 6.54. The van der Waals surface area contributed by atoms with E-state index in [9.17, 15) is 0 Å². The van der Waals surface area contributed by atoms with Crippen LogP contribution in [-0.4, -0.2) is 0 Å². The zero-order valence-corrected chi connectivity index (χ0v) is 42.5. The van der Waals surface area contributed by atoms with E-state index < -0.39 is 5.41 Å². The number of fused-ring (bicyclic) bond motifs is 9. The molecule has 0 saturated heterocycles. The highest BCUT2D eigenvalue weighted by atomic mass is 16.3. The van der Waals surface area contributed by atoms with E-state index in [2.05, 4.69) is 285 Å². The molecule has 1 aromatic heterocycles. The molecule has 1 atom stereocenters. The lowest BCUT2D eigenvalue weighted by Crippen LogP contribution is -2.29. The van der Waals surface area contributed by atoms with Gasteiger partial charge in [0, 0.05) is 16.8 Å². The Bertz CT molecular complexity index is 4230. The van der Waals surface area contributed by atoms with Gasteiger partial charge in [-0.25, -0.2) is 0 Å². The Morgan fingerprint density at radius 3 is 1.86 bits per heavy atom. The second kappa shape index (κ2) is 18.9. The minimum Gasteiger partial charge on any atom is -0.456 e. The van der Waals surface area contributed by atoms with Crippen molar-refractivity contribution in [3.05, 3.63) is 317 Å². The van der Waals surface area contributed by atoms with Crippen LogP contribution in [0.2, 0.25) is 0 Å². The minimum absolute atomic E-state index is 0.280. The molecular formula is C74H55NO. The molecule has 0 amide bonds. The van der Waals surface area contributed by atoms with Crippen molar-refractivity contribution in [3.63, 3.8) is 0 Å². The van der Waals surface area contributed by atoms with Crippen molar-refractivity contribution in [3.8, 4) is 22.3 Å².